The standard InChI is InChI=1S/C15H17N5O2/c1-19-9-11(17-10-19)14-18-13(15(21)16-6-8-22-2)12-5-3-4-7-20(12)14/h3-5,7,9-10H,6,8H2,1-2H3,(H,16,21). The Morgan fingerprint density at radius 1 is 1.41 bits per heavy atom. The highest BCUT2D eigenvalue weighted by atomic mass is 16.5. The van der Waals surface area contributed by atoms with Gasteiger partial charge in [-0.2, -0.15) is 0 Å². The number of imidazole rings is 2. The van der Waals surface area contributed by atoms with Crippen LogP contribution in [0.15, 0.2) is 36.9 Å². The highest BCUT2D eigenvalue weighted by Gasteiger charge is 2.18. The third-order valence-corrected chi connectivity index (χ3v) is 3.29. The summed E-state index contributed by atoms with van der Waals surface area (Å²) in [4.78, 5) is 21.1. The number of nitrogens with one attached hydrogen (secondary N) is 1. The first kappa shape index (κ1) is 14.3. The van der Waals surface area contributed by atoms with Crippen molar-refractivity contribution in [2.75, 3.05) is 20.3 Å². The van der Waals surface area contributed by atoms with E-state index in [1.165, 1.54) is 0 Å². The van der Waals surface area contributed by atoms with Gasteiger partial charge in [0.15, 0.2) is 11.5 Å². The van der Waals surface area contributed by atoms with Crippen molar-refractivity contribution in [2.45, 2.75) is 0 Å². The maximum absolute atomic E-state index is 12.3. The van der Waals surface area contributed by atoms with Crippen molar-refractivity contribution in [3.63, 3.8) is 0 Å². The SMILES string of the molecule is COCCNC(=O)c1nc(-c2cn(C)cn2)n2ccccc12. The van der Waals surface area contributed by atoms with Gasteiger partial charge in [0.1, 0.15) is 5.69 Å². The summed E-state index contributed by atoms with van der Waals surface area (Å²) in [6.07, 6.45) is 5.45. The smallest absolute Gasteiger partial charge is 0.272 e. The van der Waals surface area contributed by atoms with E-state index in [0.29, 0.717) is 24.7 Å². The van der Waals surface area contributed by atoms with E-state index in [4.69, 9.17) is 4.74 Å². The van der Waals surface area contributed by atoms with E-state index in [9.17, 15) is 4.79 Å². The number of carbonyl (C=O) groups excluding carboxylic acids is 1. The number of fused-ring (bicyclic) bond motifs is 1. The van der Waals surface area contributed by atoms with E-state index in [-0.39, 0.29) is 5.91 Å². The second kappa shape index (κ2) is 5.98. The van der Waals surface area contributed by atoms with Crippen molar-refractivity contribution in [1.82, 2.24) is 24.3 Å². The summed E-state index contributed by atoms with van der Waals surface area (Å²) in [7, 11) is 3.49. The molecule has 0 radical (unpaired) electrons. The summed E-state index contributed by atoms with van der Waals surface area (Å²) in [5, 5.41) is 2.80. The summed E-state index contributed by atoms with van der Waals surface area (Å²) in [5.41, 5.74) is 1.86. The normalized spacial score (nSPS) is 11.0. The number of aryl methyl sites for hydroxylation is 1. The van der Waals surface area contributed by atoms with Crippen LogP contribution in [0.1, 0.15) is 10.5 Å². The molecule has 1 amide bonds. The van der Waals surface area contributed by atoms with Crippen LogP contribution < -0.4 is 5.32 Å². The van der Waals surface area contributed by atoms with Gasteiger partial charge in [0.05, 0.1) is 18.5 Å². The predicted octanol–water partition coefficient (Wildman–Crippen LogP) is 1.11. The van der Waals surface area contributed by atoms with Crippen LogP contribution in [0.4, 0.5) is 0 Å². The number of carbonyl (C=O) groups is 1. The Balaban J connectivity index is 2.02. The Morgan fingerprint density at radius 3 is 3.00 bits per heavy atom. The van der Waals surface area contributed by atoms with Crippen LogP contribution in [-0.2, 0) is 11.8 Å². The van der Waals surface area contributed by atoms with Crippen molar-refractivity contribution in [3.05, 3.63) is 42.6 Å². The second-order valence-corrected chi connectivity index (χ2v) is 4.91. The lowest BCUT2D eigenvalue weighted by Gasteiger charge is -2.02. The molecule has 0 fully saturated rings. The van der Waals surface area contributed by atoms with Crippen LogP contribution in [0.3, 0.4) is 0 Å². The number of nitrogens with zero attached hydrogens (tertiary/aromatic N) is 4. The van der Waals surface area contributed by atoms with Gasteiger partial charge in [-0.15, -0.1) is 0 Å². The predicted molar refractivity (Wildman–Crippen MR) is 81.6 cm³/mol. The Hall–Kier alpha value is -2.67. The molecule has 22 heavy (non-hydrogen) atoms. The first-order valence-electron chi connectivity index (χ1n) is 6.93. The van der Waals surface area contributed by atoms with Crippen LogP contribution >= 0.6 is 0 Å². The zero-order valence-corrected chi connectivity index (χ0v) is 12.5. The number of amides is 1. The van der Waals surface area contributed by atoms with Gasteiger partial charge in [0.25, 0.3) is 5.91 Å². The highest BCUT2D eigenvalue weighted by Crippen LogP contribution is 2.21. The fourth-order valence-electron chi connectivity index (χ4n) is 2.26. The van der Waals surface area contributed by atoms with Crippen molar-refractivity contribution in [3.8, 4) is 11.5 Å². The molecule has 0 saturated heterocycles. The molecule has 114 valence electrons. The third-order valence-electron chi connectivity index (χ3n) is 3.29. The molecule has 3 rings (SSSR count). The van der Waals surface area contributed by atoms with Crippen molar-refractivity contribution < 1.29 is 9.53 Å². The molecular weight excluding hydrogens is 282 g/mol. The number of aromatic nitrogens is 4. The average molecular weight is 299 g/mol. The van der Waals surface area contributed by atoms with Gasteiger partial charge >= 0.3 is 0 Å². The molecule has 0 spiro atoms. The topological polar surface area (TPSA) is 73.4 Å². The second-order valence-electron chi connectivity index (χ2n) is 4.91. The van der Waals surface area contributed by atoms with E-state index in [2.05, 4.69) is 15.3 Å². The molecule has 3 aromatic heterocycles. The first-order valence-corrected chi connectivity index (χ1v) is 6.93. The lowest BCUT2D eigenvalue weighted by molar-refractivity contribution is 0.0934. The monoisotopic (exact) mass is 299 g/mol. The minimum atomic E-state index is -0.220. The summed E-state index contributed by atoms with van der Waals surface area (Å²) >= 11 is 0. The molecule has 0 saturated carbocycles. The van der Waals surface area contributed by atoms with E-state index in [1.807, 2.05) is 46.6 Å². The number of methoxy groups -OCH3 is 1. The number of pyridine rings is 1. The quantitative estimate of drug-likeness (QED) is 0.716. The Labute approximate surface area is 127 Å². The minimum Gasteiger partial charge on any atom is -0.383 e. The summed E-state index contributed by atoms with van der Waals surface area (Å²) < 4.78 is 8.65. The van der Waals surface area contributed by atoms with Crippen LogP contribution in [0, 0.1) is 0 Å². The van der Waals surface area contributed by atoms with Gasteiger partial charge in [-0.3, -0.25) is 9.20 Å². The van der Waals surface area contributed by atoms with Gasteiger partial charge in [-0.05, 0) is 12.1 Å². The molecule has 0 aliphatic rings. The molecule has 0 aliphatic carbocycles. The van der Waals surface area contributed by atoms with Gasteiger partial charge in [-0.1, -0.05) is 6.07 Å². The Morgan fingerprint density at radius 2 is 2.27 bits per heavy atom. The molecule has 0 unspecified atom stereocenters. The molecular formula is C15H17N5O2. The van der Waals surface area contributed by atoms with Crippen LogP contribution in [0.25, 0.3) is 17.0 Å². The average Bonchev–Trinajstić information content (AvgIpc) is 3.11. The molecule has 1 N–H and O–H groups in total. The largest absolute Gasteiger partial charge is 0.383 e. The molecule has 0 aromatic carbocycles. The number of hydrogen-bond donors (Lipinski definition) is 1. The fourth-order valence-corrected chi connectivity index (χ4v) is 2.26. The van der Waals surface area contributed by atoms with E-state index < -0.39 is 0 Å². The summed E-state index contributed by atoms with van der Waals surface area (Å²) in [5.74, 6) is 0.427. The minimum absolute atomic E-state index is 0.220. The van der Waals surface area contributed by atoms with Crippen molar-refractivity contribution >= 4 is 11.4 Å². The van der Waals surface area contributed by atoms with Gasteiger partial charge < -0.3 is 14.6 Å². The number of hydrogen-bond acceptors (Lipinski definition) is 4. The van der Waals surface area contributed by atoms with Crippen molar-refractivity contribution in [2.24, 2.45) is 7.05 Å². The van der Waals surface area contributed by atoms with Gasteiger partial charge in [0.2, 0.25) is 0 Å². The molecule has 0 atom stereocenters. The number of ether oxygens (including phenoxy) is 1. The van der Waals surface area contributed by atoms with Crippen molar-refractivity contribution in [1.29, 1.82) is 0 Å². The molecule has 0 bridgehead atoms. The molecule has 3 heterocycles. The van der Waals surface area contributed by atoms with Gasteiger partial charge in [-0.25, -0.2) is 9.97 Å². The Kier molecular flexibility index (Phi) is 3.88. The highest BCUT2D eigenvalue weighted by molar-refractivity contribution is 5.99. The van der Waals surface area contributed by atoms with Crippen LogP contribution in [0.2, 0.25) is 0 Å². The summed E-state index contributed by atoms with van der Waals surface area (Å²) in [6, 6.07) is 5.64. The Bertz CT molecular complexity index is 805. The summed E-state index contributed by atoms with van der Waals surface area (Å²) in [6.45, 7) is 0.907. The zero-order valence-electron chi connectivity index (χ0n) is 12.5. The van der Waals surface area contributed by atoms with E-state index >= 15 is 0 Å². The lowest BCUT2D eigenvalue weighted by atomic mass is 10.3. The maximum Gasteiger partial charge on any atom is 0.272 e. The third kappa shape index (κ3) is 2.58. The van der Waals surface area contributed by atoms with Gasteiger partial charge in [0, 0.05) is 33.1 Å². The molecule has 0 aliphatic heterocycles. The fraction of sp³-hybridized carbons (Fsp3) is 0.267. The van der Waals surface area contributed by atoms with E-state index in [1.54, 1.807) is 13.4 Å². The molecule has 7 heteroatoms. The van der Waals surface area contributed by atoms with E-state index in [0.717, 1.165) is 11.2 Å². The maximum atomic E-state index is 12.3. The zero-order chi connectivity index (χ0) is 15.5. The molecule has 7 nitrogen and oxygen atoms in total. The van der Waals surface area contributed by atoms with Crippen LogP contribution in [-0.4, -0.2) is 45.1 Å². The molecule has 3 aromatic rings. The van der Waals surface area contributed by atoms with Crippen LogP contribution in [0.5, 0.6) is 0 Å². The lowest BCUT2D eigenvalue weighted by Crippen LogP contribution is -2.27. The number of rotatable bonds is 5. The first-order chi connectivity index (χ1) is 10.7.